The first-order chi connectivity index (χ1) is 10.2. The summed E-state index contributed by atoms with van der Waals surface area (Å²) in [6.07, 6.45) is 3.95. The summed E-state index contributed by atoms with van der Waals surface area (Å²) in [4.78, 5) is 16.7. The number of carbonyl (C=O) groups is 1. The fourth-order valence-electron chi connectivity index (χ4n) is 2.68. The first kappa shape index (κ1) is 13.8. The fourth-order valence-corrected chi connectivity index (χ4v) is 2.68. The van der Waals surface area contributed by atoms with Crippen LogP contribution in [0.1, 0.15) is 15.9 Å². The van der Waals surface area contributed by atoms with Crippen molar-refractivity contribution in [1.82, 2.24) is 19.6 Å². The molecule has 110 valence electrons. The molecule has 5 nitrogen and oxygen atoms in total. The molecule has 21 heavy (non-hydrogen) atoms. The second kappa shape index (κ2) is 6.10. The second-order valence-corrected chi connectivity index (χ2v) is 5.46. The Hall–Kier alpha value is -2.14. The van der Waals surface area contributed by atoms with Gasteiger partial charge in [0.1, 0.15) is 0 Å². The molecule has 0 N–H and O–H groups in total. The van der Waals surface area contributed by atoms with Crippen molar-refractivity contribution in [3.63, 3.8) is 0 Å². The molecule has 0 unspecified atom stereocenters. The molecule has 0 atom stereocenters. The van der Waals surface area contributed by atoms with Crippen molar-refractivity contribution >= 4 is 5.91 Å². The van der Waals surface area contributed by atoms with Crippen LogP contribution in [0.2, 0.25) is 0 Å². The molecule has 0 radical (unpaired) electrons. The molecule has 0 bridgehead atoms. The predicted molar refractivity (Wildman–Crippen MR) is 80.8 cm³/mol. The van der Waals surface area contributed by atoms with Gasteiger partial charge >= 0.3 is 0 Å². The summed E-state index contributed by atoms with van der Waals surface area (Å²) in [5.41, 5.74) is 2.00. The lowest BCUT2D eigenvalue weighted by atomic mass is 10.2. The highest BCUT2D eigenvalue weighted by atomic mass is 16.2. The highest BCUT2D eigenvalue weighted by Gasteiger charge is 2.22. The molecule has 1 aromatic carbocycles. The van der Waals surface area contributed by atoms with Crippen molar-refractivity contribution in [1.29, 1.82) is 0 Å². The van der Waals surface area contributed by atoms with Crippen LogP contribution in [-0.2, 0) is 13.6 Å². The Bertz CT molecular complexity index is 600. The summed E-state index contributed by atoms with van der Waals surface area (Å²) in [7, 11) is 1.93. The van der Waals surface area contributed by atoms with Crippen molar-refractivity contribution in [3.8, 4) is 0 Å². The highest BCUT2D eigenvalue weighted by molar-refractivity contribution is 5.94. The van der Waals surface area contributed by atoms with Crippen molar-refractivity contribution in [2.24, 2.45) is 7.05 Å². The van der Waals surface area contributed by atoms with Gasteiger partial charge in [-0.05, 0) is 12.1 Å². The van der Waals surface area contributed by atoms with E-state index >= 15 is 0 Å². The van der Waals surface area contributed by atoms with Crippen LogP contribution in [0.5, 0.6) is 0 Å². The molecule has 0 saturated carbocycles. The van der Waals surface area contributed by atoms with Gasteiger partial charge in [-0.25, -0.2) is 0 Å². The Morgan fingerprint density at radius 1 is 1.14 bits per heavy atom. The van der Waals surface area contributed by atoms with Crippen LogP contribution in [-0.4, -0.2) is 51.7 Å². The Labute approximate surface area is 124 Å². The van der Waals surface area contributed by atoms with E-state index in [4.69, 9.17) is 0 Å². The van der Waals surface area contributed by atoms with E-state index in [0.717, 1.165) is 38.3 Å². The van der Waals surface area contributed by atoms with Gasteiger partial charge in [0, 0.05) is 57.1 Å². The SMILES string of the molecule is Cn1cc(CN2CCN(C(=O)c3ccccc3)CC2)cn1. The average molecular weight is 284 g/mol. The van der Waals surface area contributed by atoms with E-state index in [1.54, 1.807) is 0 Å². The summed E-state index contributed by atoms with van der Waals surface area (Å²) in [5.74, 6) is 0.136. The lowest BCUT2D eigenvalue weighted by Gasteiger charge is -2.34. The quantitative estimate of drug-likeness (QED) is 0.855. The third-order valence-corrected chi connectivity index (χ3v) is 3.84. The number of rotatable bonds is 3. The van der Waals surface area contributed by atoms with Gasteiger partial charge in [0.25, 0.3) is 5.91 Å². The smallest absolute Gasteiger partial charge is 0.253 e. The number of aryl methyl sites for hydroxylation is 1. The summed E-state index contributed by atoms with van der Waals surface area (Å²) in [6.45, 7) is 4.30. The van der Waals surface area contributed by atoms with Crippen LogP contribution in [0.15, 0.2) is 42.7 Å². The first-order valence-electron chi connectivity index (χ1n) is 7.26. The number of benzene rings is 1. The van der Waals surface area contributed by atoms with Crippen LogP contribution in [0.25, 0.3) is 0 Å². The van der Waals surface area contributed by atoms with Crippen LogP contribution in [0.3, 0.4) is 0 Å². The number of nitrogens with zero attached hydrogens (tertiary/aromatic N) is 4. The highest BCUT2D eigenvalue weighted by Crippen LogP contribution is 2.11. The molecule has 1 fully saturated rings. The van der Waals surface area contributed by atoms with Gasteiger partial charge in [0.15, 0.2) is 0 Å². The number of carbonyl (C=O) groups excluding carboxylic acids is 1. The standard InChI is InChI=1S/C16H20N4O/c1-18-12-14(11-17-18)13-19-7-9-20(10-8-19)16(21)15-5-3-2-4-6-15/h2-6,11-12H,7-10,13H2,1H3. The topological polar surface area (TPSA) is 41.4 Å². The Morgan fingerprint density at radius 3 is 2.48 bits per heavy atom. The summed E-state index contributed by atoms with van der Waals surface area (Å²) >= 11 is 0. The molecule has 1 aliphatic heterocycles. The van der Waals surface area contributed by atoms with Crippen molar-refractivity contribution < 1.29 is 4.79 Å². The number of amides is 1. The van der Waals surface area contributed by atoms with Gasteiger partial charge in [-0.2, -0.15) is 5.10 Å². The van der Waals surface area contributed by atoms with E-state index in [1.807, 2.05) is 59.4 Å². The lowest BCUT2D eigenvalue weighted by molar-refractivity contribution is 0.0628. The van der Waals surface area contributed by atoms with Crippen LogP contribution in [0, 0.1) is 0 Å². The van der Waals surface area contributed by atoms with E-state index in [2.05, 4.69) is 10.00 Å². The third kappa shape index (κ3) is 3.31. The number of hydrogen-bond acceptors (Lipinski definition) is 3. The number of hydrogen-bond donors (Lipinski definition) is 0. The minimum absolute atomic E-state index is 0.136. The zero-order valence-electron chi connectivity index (χ0n) is 12.3. The lowest BCUT2D eigenvalue weighted by Crippen LogP contribution is -2.48. The molecule has 0 spiro atoms. The van der Waals surface area contributed by atoms with E-state index in [0.29, 0.717) is 0 Å². The molecule has 5 heteroatoms. The van der Waals surface area contributed by atoms with E-state index in [-0.39, 0.29) is 5.91 Å². The van der Waals surface area contributed by atoms with Crippen LogP contribution < -0.4 is 0 Å². The maximum atomic E-state index is 12.4. The summed E-state index contributed by atoms with van der Waals surface area (Å²) < 4.78 is 1.82. The first-order valence-corrected chi connectivity index (χ1v) is 7.26. The van der Waals surface area contributed by atoms with Gasteiger partial charge < -0.3 is 4.90 Å². The predicted octanol–water partition coefficient (Wildman–Crippen LogP) is 1.38. The molecule has 1 saturated heterocycles. The molecule has 1 amide bonds. The van der Waals surface area contributed by atoms with Gasteiger partial charge in [-0.15, -0.1) is 0 Å². The van der Waals surface area contributed by atoms with Gasteiger partial charge in [-0.1, -0.05) is 18.2 Å². The Kier molecular flexibility index (Phi) is 4.01. The van der Waals surface area contributed by atoms with Crippen LogP contribution in [0.4, 0.5) is 0 Å². The Morgan fingerprint density at radius 2 is 1.86 bits per heavy atom. The molecular formula is C16H20N4O. The van der Waals surface area contributed by atoms with Gasteiger partial charge in [0.05, 0.1) is 6.20 Å². The minimum atomic E-state index is 0.136. The molecule has 1 aromatic heterocycles. The monoisotopic (exact) mass is 284 g/mol. The maximum Gasteiger partial charge on any atom is 0.253 e. The normalized spacial score (nSPS) is 16.1. The molecular weight excluding hydrogens is 264 g/mol. The van der Waals surface area contributed by atoms with Crippen molar-refractivity contribution in [3.05, 3.63) is 53.9 Å². The third-order valence-electron chi connectivity index (χ3n) is 3.84. The minimum Gasteiger partial charge on any atom is -0.336 e. The largest absolute Gasteiger partial charge is 0.336 e. The fraction of sp³-hybridized carbons (Fsp3) is 0.375. The Balaban J connectivity index is 1.54. The van der Waals surface area contributed by atoms with Crippen molar-refractivity contribution in [2.45, 2.75) is 6.54 Å². The second-order valence-electron chi connectivity index (χ2n) is 5.46. The van der Waals surface area contributed by atoms with Crippen molar-refractivity contribution in [2.75, 3.05) is 26.2 Å². The molecule has 0 aliphatic carbocycles. The zero-order valence-corrected chi connectivity index (χ0v) is 12.3. The van der Waals surface area contributed by atoms with Gasteiger partial charge in [-0.3, -0.25) is 14.4 Å². The van der Waals surface area contributed by atoms with E-state index in [9.17, 15) is 4.79 Å². The van der Waals surface area contributed by atoms with E-state index in [1.165, 1.54) is 5.56 Å². The average Bonchev–Trinajstić information content (AvgIpc) is 2.93. The number of aromatic nitrogens is 2. The summed E-state index contributed by atoms with van der Waals surface area (Å²) in [5, 5.41) is 4.19. The molecule has 2 aromatic rings. The van der Waals surface area contributed by atoms with E-state index < -0.39 is 0 Å². The van der Waals surface area contributed by atoms with Gasteiger partial charge in [0.2, 0.25) is 0 Å². The van der Waals surface area contributed by atoms with Crippen LogP contribution >= 0.6 is 0 Å². The number of piperazine rings is 1. The molecule has 1 aliphatic rings. The summed E-state index contributed by atoms with van der Waals surface area (Å²) in [6, 6.07) is 9.51. The maximum absolute atomic E-state index is 12.4. The zero-order chi connectivity index (χ0) is 14.7. The molecule has 2 heterocycles. The molecule has 3 rings (SSSR count).